The summed E-state index contributed by atoms with van der Waals surface area (Å²) in [4.78, 5) is 0. The normalized spacial score (nSPS) is 14.6. The van der Waals surface area contributed by atoms with Crippen molar-refractivity contribution in [2.75, 3.05) is 6.61 Å². The summed E-state index contributed by atoms with van der Waals surface area (Å²) in [6, 6.07) is 4.70. The molecule has 0 heterocycles. The summed E-state index contributed by atoms with van der Waals surface area (Å²) in [6.45, 7) is 6.43. The average molecular weight is 240 g/mol. The first-order valence-corrected chi connectivity index (χ1v) is 5.97. The lowest BCUT2D eigenvalue weighted by molar-refractivity contribution is 0.0305. The van der Waals surface area contributed by atoms with E-state index in [4.69, 9.17) is 10.6 Å². The molecule has 0 fully saturated rings. The zero-order valence-electron chi connectivity index (χ0n) is 10.7. The van der Waals surface area contributed by atoms with Gasteiger partial charge in [-0.1, -0.05) is 24.6 Å². The maximum atomic E-state index is 13.8. The van der Waals surface area contributed by atoms with Gasteiger partial charge in [0.15, 0.2) is 0 Å². The van der Waals surface area contributed by atoms with Gasteiger partial charge in [-0.15, -0.1) is 0 Å². The maximum absolute atomic E-state index is 13.8. The molecule has 0 radical (unpaired) electrons. The number of hydrogen-bond donors (Lipinski definition) is 2. The largest absolute Gasteiger partial charge is 0.376 e. The lowest BCUT2D eigenvalue weighted by Gasteiger charge is -2.26. The third kappa shape index (κ3) is 3.49. The minimum atomic E-state index is -0.320. The number of benzene rings is 1. The molecule has 1 aromatic rings. The van der Waals surface area contributed by atoms with Crippen LogP contribution in [0.1, 0.15) is 37.4 Å². The Morgan fingerprint density at radius 1 is 1.41 bits per heavy atom. The second-order valence-electron chi connectivity index (χ2n) is 4.07. The summed E-state index contributed by atoms with van der Waals surface area (Å²) in [7, 11) is 0. The molecule has 0 spiro atoms. The second-order valence-corrected chi connectivity index (χ2v) is 4.07. The van der Waals surface area contributed by atoms with Crippen molar-refractivity contribution in [3.8, 4) is 0 Å². The van der Waals surface area contributed by atoms with Crippen molar-refractivity contribution in [2.45, 2.75) is 39.3 Å². The molecule has 0 aliphatic carbocycles. The first-order valence-electron chi connectivity index (χ1n) is 5.97. The van der Waals surface area contributed by atoms with Gasteiger partial charge in [0.1, 0.15) is 5.82 Å². The van der Waals surface area contributed by atoms with Crippen LogP contribution in [0.2, 0.25) is 0 Å². The Kier molecular flexibility index (Phi) is 5.55. The van der Waals surface area contributed by atoms with Gasteiger partial charge in [-0.2, -0.15) is 0 Å². The fourth-order valence-corrected chi connectivity index (χ4v) is 1.96. The van der Waals surface area contributed by atoms with Crippen LogP contribution in [-0.4, -0.2) is 12.7 Å². The highest BCUT2D eigenvalue weighted by Crippen LogP contribution is 2.24. The quantitative estimate of drug-likeness (QED) is 0.593. The van der Waals surface area contributed by atoms with Crippen LogP contribution in [0.4, 0.5) is 4.39 Å². The highest BCUT2D eigenvalue weighted by atomic mass is 19.1. The number of nitrogens with one attached hydrogen (secondary N) is 1. The van der Waals surface area contributed by atoms with Gasteiger partial charge in [0.2, 0.25) is 0 Å². The van der Waals surface area contributed by atoms with Crippen LogP contribution in [0.25, 0.3) is 0 Å². The summed E-state index contributed by atoms with van der Waals surface area (Å²) < 4.78 is 19.4. The molecule has 0 amide bonds. The van der Waals surface area contributed by atoms with E-state index < -0.39 is 0 Å². The van der Waals surface area contributed by atoms with Gasteiger partial charge in [0.05, 0.1) is 12.1 Å². The fourth-order valence-electron chi connectivity index (χ4n) is 1.96. The topological polar surface area (TPSA) is 47.3 Å². The molecular weight excluding hydrogens is 219 g/mol. The molecule has 96 valence electrons. The van der Waals surface area contributed by atoms with Gasteiger partial charge in [-0.25, -0.2) is 4.39 Å². The standard InChI is InChI=1S/C13H21FN2O/c1-4-12(17-5-2)13(16-15)10-8-9(3)6-7-11(10)14/h6-8,12-13,16H,4-5,15H2,1-3H3. The number of aryl methyl sites for hydroxylation is 1. The smallest absolute Gasteiger partial charge is 0.128 e. The van der Waals surface area contributed by atoms with Gasteiger partial charge in [-0.3, -0.25) is 11.3 Å². The predicted molar refractivity (Wildman–Crippen MR) is 66.9 cm³/mol. The van der Waals surface area contributed by atoms with E-state index in [1.165, 1.54) is 6.07 Å². The van der Waals surface area contributed by atoms with Crippen molar-refractivity contribution in [2.24, 2.45) is 5.84 Å². The van der Waals surface area contributed by atoms with Crippen molar-refractivity contribution in [3.05, 3.63) is 35.1 Å². The Morgan fingerprint density at radius 2 is 2.12 bits per heavy atom. The van der Waals surface area contributed by atoms with E-state index in [2.05, 4.69) is 5.43 Å². The van der Waals surface area contributed by atoms with Gasteiger partial charge >= 0.3 is 0 Å². The van der Waals surface area contributed by atoms with E-state index in [1.807, 2.05) is 26.8 Å². The fraction of sp³-hybridized carbons (Fsp3) is 0.538. The maximum Gasteiger partial charge on any atom is 0.128 e. The number of hydrogen-bond acceptors (Lipinski definition) is 3. The minimum absolute atomic E-state index is 0.124. The zero-order valence-corrected chi connectivity index (χ0v) is 10.7. The van der Waals surface area contributed by atoms with Crippen LogP contribution in [0.15, 0.2) is 18.2 Å². The molecule has 1 aromatic carbocycles. The summed E-state index contributed by atoms with van der Waals surface area (Å²) in [6.07, 6.45) is 0.650. The van der Waals surface area contributed by atoms with E-state index in [0.717, 1.165) is 12.0 Å². The van der Waals surface area contributed by atoms with Crippen LogP contribution < -0.4 is 11.3 Å². The Morgan fingerprint density at radius 3 is 2.65 bits per heavy atom. The molecule has 0 aromatic heterocycles. The van der Waals surface area contributed by atoms with Crippen molar-refractivity contribution in [3.63, 3.8) is 0 Å². The number of hydrazine groups is 1. The summed E-state index contributed by atoms with van der Waals surface area (Å²) in [5.41, 5.74) is 4.23. The highest BCUT2D eigenvalue weighted by molar-refractivity contribution is 5.27. The van der Waals surface area contributed by atoms with Crippen LogP contribution in [0.3, 0.4) is 0 Å². The first-order chi connectivity index (χ1) is 8.13. The van der Waals surface area contributed by atoms with Gasteiger partial charge < -0.3 is 4.74 Å². The molecular formula is C13H21FN2O. The van der Waals surface area contributed by atoms with Gasteiger partial charge in [0.25, 0.3) is 0 Å². The number of nitrogens with two attached hydrogens (primary N) is 1. The molecule has 0 bridgehead atoms. The number of rotatable bonds is 6. The minimum Gasteiger partial charge on any atom is -0.376 e. The molecule has 0 saturated carbocycles. The molecule has 2 atom stereocenters. The van der Waals surface area contributed by atoms with E-state index >= 15 is 0 Å². The summed E-state index contributed by atoms with van der Waals surface area (Å²) in [5, 5.41) is 0. The first kappa shape index (κ1) is 14.1. The van der Waals surface area contributed by atoms with Crippen LogP contribution >= 0.6 is 0 Å². The SMILES string of the molecule is CCOC(CC)C(NN)c1cc(C)ccc1F. The molecule has 0 aliphatic rings. The van der Waals surface area contributed by atoms with E-state index in [0.29, 0.717) is 12.2 Å². The highest BCUT2D eigenvalue weighted by Gasteiger charge is 2.23. The molecule has 3 N–H and O–H groups in total. The number of halogens is 1. The van der Waals surface area contributed by atoms with Crippen LogP contribution in [0.5, 0.6) is 0 Å². The third-order valence-corrected chi connectivity index (χ3v) is 2.82. The van der Waals surface area contributed by atoms with Crippen LogP contribution in [0, 0.1) is 12.7 Å². The van der Waals surface area contributed by atoms with E-state index in [-0.39, 0.29) is 18.0 Å². The lowest BCUT2D eigenvalue weighted by atomic mass is 9.98. The van der Waals surface area contributed by atoms with Crippen molar-refractivity contribution >= 4 is 0 Å². The van der Waals surface area contributed by atoms with Crippen LogP contribution in [-0.2, 0) is 4.74 Å². The van der Waals surface area contributed by atoms with Crippen molar-refractivity contribution < 1.29 is 9.13 Å². The van der Waals surface area contributed by atoms with Gasteiger partial charge in [0, 0.05) is 12.2 Å². The second kappa shape index (κ2) is 6.69. The number of ether oxygens (including phenoxy) is 1. The van der Waals surface area contributed by atoms with Crippen molar-refractivity contribution in [1.82, 2.24) is 5.43 Å². The molecule has 0 saturated heterocycles. The van der Waals surface area contributed by atoms with Gasteiger partial charge in [-0.05, 0) is 26.3 Å². The van der Waals surface area contributed by atoms with E-state index in [1.54, 1.807) is 6.07 Å². The summed E-state index contributed by atoms with van der Waals surface area (Å²) in [5.74, 6) is 5.28. The molecule has 3 nitrogen and oxygen atoms in total. The Balaban J connectivity index is 3.02. The summed E-state index contributed by atoms with van der Waals surface area (Å²) >= 11 is 0. The molecule has 17 heavy (non-hydrogen) atoms. The molecule has 2 unspecified atom stereocenters. The van der Waals surface area contributed by atoms with Crippen molar-refractivity contribution in [1.29, 1.82) is 0 Å². The molecule has 0 aliphatic heterocycles. The predicted octanol–water partition coefficient (Wildman–Crippen LogP) is 2.45. The molecule has 1 rings (SSSR count). The Bertz CT molecular complexity index is 357. The monoisotopic (exact) mass is 240 g/mol. The Labute approximate surface area is 102 Å². The molecule has 4 heteroatoms. The third-order valence-electron chi connectivity index (χ3n) is 2.82. The average Bonchev–Trinajstić information content (AvgIpc) is 2.33. The van der Waals surface area contributed by atoms with E-state index in [9.17, 15) is 4.39 Å². The lowest BCUT2D eigenvalue weighted by Crippen LogP contribution is -2.38. The Hall–Kier alpha value is -0.970. The zero-order chi connectivity index (χ0) is 12.8.